The second kappa shape index (κ2) is 7.04. The number of nitrogens with zero attached hydrogens (tertiary/aromatic N) is 3. The predicted molar refractivity (Wildman–Crippen MR) is 107 cm³/mol. The molecule has 0 aliphatic rings. The number of nitrogens with one attached hydrogen (secondary N) is 2. The fourth-order valence-corrected chi connectivity index (χ4v) is 3.09. The van der Waals surface area contributed by atoms with Crippen molar-refractivity contribution in [1.82, 2.24) is 14.8 Å². The van der Waals surface area contributed by atoms with E-state index in [0.717, 1.165) is 5.69 Å². The van der Waals surface area contributed by atoms with Crippen molar-refractivity contribution < 1.29 is 9.72 Å². The van der Waals surface area contributed by atoms with Gasteiger partial charge in [0.05, 0.1) is 21.7 Å². The summed E-state index contributed by atoms with van der Waals surface area (Å²) in [6.07, 6.45) is 1.32. The van der Waals surface area contributed by atoms with Gasteiger partial charge in [-0.3, -0.25) is 19.7 Å². The lowest BCUT2D eigenvalue weighted by Crippen LogP contribution is -2.22. The molecule has 9 heteroatoms. The first-order chi connectivity index (χ1) is 14.0. The van der Waals surface area contributed by atoms with E-state index in [1.165, 1.54) is 30.5 Å². The maximum atomic E-state index is 13.0. The van der Waals surface area contributed by atoms with Gasteiger partial charge >= 0.3 is 0 Å². The number of nitro benzene ring substituents is 1. The predicted octanol–water partition coefficient (Wildman–Crippen LogP) is 3.18. The third-order valence-electron chi connectivity index (χ3n) is 4.45. The van der Waals surface area contributed by atoms with Crippen LogP contribution in [0.3, 0.4) is 0 Å². The van der Waals surface area contributed by atoms with Crippen LogP contribution in [0.1, 0.15) is 16.1 Å². The third-order valence-corrected chi connectivity index (χ3v) is 4.45. The fourth-order valence-electron chi connectivity index (χ4n) is 3.09. The molecule has 144 valence electrons. The number of hydrogen-bond acceptors (Lipinski definition) is 5. The van der Waals surface area contributed by atoms with E-state index in [1.54, 1.807) is 11.6 Å². The standard InChI is InChI=1S/C20H15N5O4/c1-12-17-18(26)16(20(27)22-13-6-5-9-15(10-13)25(28)29)11-21-19(17)24(23-12)14-7-3-2-4-8-14/h2-11H,1H3,(H,21,26)(H,22,27). The number of benzene rings is 2. The number of aryl methyl sites for hydroxylation is 1. The molecule has 4 rings (SSSR count). The number of para-hydroxylation sites is 1. The molecule has 0 fully saturated rings. The highest BCUT2D eigenvalue weighted by atomic mass is 16.6. The number of fused-ring (bicyclic) bond motifs is 1. The number of carbonyl (C=O) groups is 1. The molecule has 29 heavy (non-hydrogen) atoms. The summed E-state index contributed by atoms with van der Waals surface area (Å²) in [7, 11) is 0. The van der Waals surface area contributed by atoms with Gasteiger partial charge in [0.15, 0.2) is 0 Å². The molecular formula is C20H15N5O4. The summed E-state index contributed by atoms with van der Waals surface area (Å²) in [4.78, 5) is 38.9. The quantitative estimate of drug-likeness (QED) is 0.410. The minimum atomic E-state index is -0.666. The SMILES string of the molecule is Cc1nn(-c2ccccc2)c2[nH]cc(C(=O)Nc3cccc([N+](=O)[O-])c3)c(=O)c12. The van der Waals surface area contributed by atoms with Gasteiger partial charge in [0, 0.05) is 24.0 Å². The van der Waals surface area contributed by atoms with Crippen molar-refractivity contribution in [3.8, 4) is 5.69 Å². The van der Waals surface area contributed by atoms with E-state index in [4.69, 9.17) is 0 Å². The number of hydrogen-bond donors (Lipinski definition) is 2. The summed E-state index contributed by atoms with van der Waals surface area (Å²) in [5.41, 5.74) is 1.21. The van der Waals surface area contributed by atoms with Gasteiger partial charge in [0.2, 0.25) is 5.43 Å². The van der Waals surface area contributed by atoms with E-state index < -0.39 is 16.3 Å². The lowest BCUT2D eigenvalue weighted by atomic mass is 10.1. The van der Waals surface area contributed by atoms with Crippen LogP contribution in [0.4, 0.5) is 11.4 Å². The Kier molecular flexibility index (Phi) is 4.40. The van der Waals surface area contributed by atoms with Gasteiger partial charge in [0.25, 0.3) is 11.6 Å². The molecule has 9 nitrogen and oxygen atoms in total. The third kappa shape index (κ3) is 3.25. The molecule has 0 spiro atoms. The number of amides is 1. The monoisotopic (exact) mass is 389 g/mol. The van der Waals surface area contributed by atoms with Gasteiger partial charge in [-0.2, -0.15) is 5.10 Å². The highest BCUT2D eigenvalue weighted by molar-refractivity contribution is 6.05. The van der Waals surface area contributed by atoms with Crippen molar-refractivity contribution in [2.24, 2.45) is 0 Å². The van der Waals surface area contributed by atoms with Crippen LogP contribution in [-0.2, 0) is 0 Å². The highest BCUT2D eigenvalue weighted by Gasteiger charge is 2.19. The molecule has 2 aromatic carbocycles. The van der Waals surface area contributed by atoms with Crippen LogP contribution >= 0.6 is 0 Å². The number of carbonyl (C=O) groups excluding carboxylic acids is 1. The second-order valence-corrected chi connectivity index (χ2v) is 6.35. The lowest BCUT2D eigenvalue weighted by Gasteiger charge is -2.06. The first-order valence-corrected chi connectivity index (χ1v) is 8.68. The Morgan fingerprint density at radius 3 is 2.66 bits per heavy atom. The minimum absolute atomic E-state index is 0.111. The Hall–Kier alpha value is -4.27. The molecule has 2 heterocycles. The van der Waals surface area contributed by atoms with Crippen LogP contribution in [0.5, 0.6) is 0 Å². The summed E-state index contributed by atoms with van der Waals surface area (Å²) in [5.74, 6) is -0.666. The van der Waals surface area contributed by atoms with Crippen molar-refractivity contribution >= 4 is 28.3 Å². The van der Waals surface area contributed by atoms with E-state index in [2.05, 4.69) is 15.4 Å². The Morgan fingerprint density at radius 2 is 1.93 bits per heavy atom. The first-order valence-electron chi connectivity index (χ1n) is 8.68. The van der Waals surface area contributed by atoms with Crippen LogP contribution in [0.25, 0.3) is 16.7 Å². The molecule has 2 N–H and O–H groups in total. The van der Waals surface area contributed by atoms with Crippen LogP contribution in [0.15, 0.2) is 65.6 Å². The molecule has 0 radical (unpaired) electrons. The van der Waals surface area contributed by atoms with E-state index in [0.29, 0.717) is 16.7 Å². The molecule has 0 unspecified atom stereocenters. The van der Waals surface area contributed by atoms with E-state index >= 15 is 0 Å². The average molecular weight is 389 g/mol. The summed E-state index contributed by atoms with van der Waals surface area (Å²) in [6.45, 7) is 1.69. The average Bonchev–Trinajstić information content (AvgIpc) is 3.06. The second-order valence-electron chi connectivity index (χ2n) is 6.35. The molecule has 2 aromatic heterocycles. The van der Waals surface area contributed by atoms with Crippen molar-refractivity contribution in [3.05, 3.63) is 92.4 Å². The molecule has 0 saturated carbocycles. The fraction of sp³-hybridized carbons (Fsp3) is 0.0500. The number of aromatic amines is 1. The lowest BCUT2D eigenvalue weighted by molar-refractivity contribution is -0.384. The van der Waals surface area contributed by atoms with Crippen molar-refractivity contribution in [2.45, 2.75) is 6.92 Å². The highest BCUT2D eigenvalue weighted by Crippen LogP contribution is 2.19. The van der Waals surface area contributed by atoms with Gasteiger partial charge in [-0.15, -0.1) is 0 Å². The Labute approximate surface area is 163 Å². The van der Waals surface area contributed by atoms with Crippen molar-refractivity contribution in [2.75, 3.05) is 5.32 Å². The van der Waals surface area contributed by atoms with E-state index in [9.17, 15) is 19.7 Å². The van der Waals surface area contributed by atoms with Gasteiger partial charge in [-0.25, -0.2) is 4.68 Å². The van der Waals surface area contributed by atoms with Crippen molar-refractivity contribution in [1.29, 1.82) is 0 Å². The molecule has 0 atom stereocenters. The number of non-ortho nitro benzene ring substituents is 1. The van der Waals surface area contributed by atoms with Gasteiger partial charge in [-0.1, -0.05) is 24.3 Å². The zero-order valence-electron chi connectivity index (χ0n) is 15.2. The number of pyridine rings is 1. The molecule has 0 bridgehead atoms. The van der Waals surface area contributed by atoms with Crippen LogP contribution in [-0.4, -0.2) is 25.6 Å². The van der Waals surface area contributed by atoms with Gasteiger partial charge in [0.1, 0.15) is 11.2 Å². The van der Waals surface area contributed by atoms with E-state index in [1.807, 2.05) is 30.3 Å². The molecular weight excluding hydrogens is 374 g/mol. The minimum Gasteiger partial charge on any atom is -0.345 e. The molecule has 0 aliphatic heterocycles. The summed E-state index contributed by atoms with van der Waals surface area (Å²) in [5, 5.41) is 18.1. The van der Waals surface area contributed by atoms with Crippen LogP contribution in [0.2, 0.25) is 0 Å². The number of H-pyrrole nitrogens is 1. The van der Waals surface area contributed by atoms with Crippen molar-refractivity contribution in [3.63, 3.8) is 0 Å². The molecule has 1 amide bonds. The summed E-state index contributed by atoms with van der Waals surface area (Å²) in [6, 6.07) is 14.8. The van der Waals surface area contributed by atoms with Crippen LogP contribution in [0, 0.1) is 17.0 Å². The molecule has 0 aliphatic carbocycles. The number of nitro groups is 1. The smallest absolute Gasteiger partial charge is 0.271 e. The van der Waals surface area contributed by atoms with Gasteiger partial charge < -0.3 is 10.3 Å². The van der Waals surface area contributed by atoms with Gasteiger partial charge in [-0.05, 0) is 25.1 Å². The zero-order chi connectivity index (χ0) is 20.5. The normalized spacial score (nSPS) is 10.8. The maximum Gasteiger partial charge on any atom is 0.271 e. The Morgan fingerprint density at radius 1 is 1.17 bits per heavy atom. The Bertz CT molecular complexity index is 1310. The Balaban J connectivity index is 1.74. The first kappa shape index (κ1) is 18.1. The maximum absolute atomic E-state index is 13.0. The topological polar surface area (TPSA) is 123 Å². The summed E-state index contributed by atoms with van der Waals surface area (Å²) < 4.78 is 1.61. The molecule has 0 saturated heterocycles. The number of rotatable bonds is 4. The molecule has 4 aromatic rings. The zero-order valence-corrected chi connectivity index (χ0v) is 15.2. The largest absolute Gasteiger partial charge is 0.345 e. The number of aromatic nitrogens is 3. The summed E-state index contributed by atoms with van der Waals surface area (Å²) >= 11 is 0. The number of anilines is 1. The van der Waals surface area contributed by atoms with Crippen LogP contribution < -0.4 is 10.7 Å². The van der Waals surface area contributed by atoms with E-state index in [-0.39, 0.29) is 16.9 Å².